The van der Waals surface area contributed by atoms with Crippen LogP contribution in [0.1, 0.15) is 47.4 Å². The molecule has 2 heterocycles. The van der Waals surface area contributed by atoms with Crippen molar-refractivity contribution in [3.8, 4) is 0 Å². The number of aryl methyl sites for hydroxylation is 1. The van der Waals surface area contributed by atoms with Crippen molar-refractivity contribution in [3.05, 3.63) is 53.2 Å². The number of benzene rings is 1. The minimum absolute atomic E-state index is 0.157. The topological polar surface area (TPSA) is 97.4 Å². The fourth-order valence-electron chi connectivity index (χ4n) is 3.11. The monoisotopic (exact) mass is 355 g/mol. The Morgan fingerprint density at radius 2 is 2.04 bits per heavy atom. The summed E-state index contributed by atoms with van der Waals surface area (Å²) in [5.41, 5.74) is 2.77. The van der Waals surface area contributed by atoms with E-state index in [1.165, 1.54) is 6.26 Å². The van der Waals surface area contributed by atoms with E-state index in [-0.39, 0.29) is 36.2 Å². The number of aliphatic carboxylic acids is 1. The van der Waals surface area contributed by atoms with Crippen LogP contribution in [0.2, 0.25) is 0 Å². The van der Waals surface area contributed by atoms with Crippen LogP contribution < -0.4 is 5.32 Å². The summed E-state index contributed by atoms with van der Waals surface area (Å²) in [6.45, 7) is 6.07. The van der Waals surface area contributed by atoms with Crippen molar-refractivity contribution in [1.82, 2.24) is 14.9 Å². The lowest BCUT2D eigenvalue weighted by molar-refractivity contribution is -0.136. The van der Waals surface area contributed by atoms with E-state index in [0.29, 0.717) is 5.56 Å². The molecule has 1 aromatic carbocycles. The molecular formula is C19H21N3O4. The second-order valence-electron chi connectivity index (χ2n) is 6.45. The van der Waals surface area contributed by atoms with Gasteiger partial charge in [0.1, 0.15) is 18.0 Å². The minimum atomic E-state index is -1.05. The van der Waals surface area contributed by atoms with Crippen LogP contribution in [0.3, 0.4) is 0 Å². The normalized spacial score (nSPS) is 11.2. The highest BCUT2D eigenvalue weighted by molar-refractivity contribution is 5.97. The Bertz CT molecular complexity index is 968. The van der Waals surface area contributed by atoms with E-state index >= 15 is 0 Å². The molecule has 0 spiro atoms. The second-order valence-corrected chi connectivity index (χ2v) is 6.45. The van der Waals surface area contributed by atoms with Crippen molar-refractivity contribution < 1.29 is 19.1 Å². The number of hydrogen-bond acceptors (Lipinski definition) is 4. The lowest BCUT2D eigenvalue weighted by atomic mass is 10.1. The zero-order chi connectivity index (χ0) is 18.8. The number of nitrogens with one attached hydrogen (secondary N) is 1. The quantitative estimate of drug-likeness (QED) is 0.708. The van der Waals surface area contributed by atoms with E-state index in [2.05, 4.69) is 28.7 Å². The molecule has 0 atom stereocenters. The van der Waals surface area contributed by atoms with Crippen LogP contribution in [0.4, 0.5) is 0 Å². The highest BCUT2D eigenvalue weighted by atomic mass is 16.4. The van der Waals surface area contributed by atoms with Crippen LogP contribution in [0.15, 0.2) is 34.9 Å². The molecule has 0 unspecified atom stereocenters. The molecule has 0 fully saturated rings. The molecule has 7 heteroatoms. The van der Waals surface area contributed by atoms with Crippen molar-refractivity contribution in [2.75, 3.05) is 0 Å². The molecule has 0 bridgehead atoms. The van der Waals surface area contributed by atoms with Crippen LogP contribution >= 0.6 is 0 Å². The lowest BCUT2D eigenvalue weighted by Gasteiger charge is -2.13. The maximum atomic E-state index is 12.6. The van der Waals surface area contributed by atoms with Crippen molar-refractivity contribution in [3.63, 3.8) is 0 Å². The summed E-state index contributed by atoms with van der Waals surface area (Å²) in [5, 5.41) is 11.8. The Morgan fingerprint density at radius 3 is 2.73 bits per heavy atom. The number of amides is 1. The van der Waals surface area contributed by atoms with Crippen molar-refractivity contribution >= 4 is 22.9 Å². The van der Waals surface area contributed by atoms with Gasteiger partial charge in [-0.1, -0.05) is 12.1 Å². The first-order valence-corrected chi connectivity index (χ1v) is 8.41. The van der Waals surface area contributed by atoms with Gasteiger partial charge in [0.2, 0.25) is 0 Å². The van der Waals surface area contributed by atoms with Gasteiger partial charge < -0.3 is 19.4 Å². The van der Waals surface area contributed by atoms with Crippen LogP contribution in [-0.4, -0.2) is 26.5 Å². The number of nitrogens with zero attached hydrogens (tertiary/aromatic N) is 2. The highest BCUT2D eigenvalue weighted by Crippen LogP contribution is 2.21. The maximum absolute atomic E-state index is 12.6. The van der Waals surface area contributed by atoms with Gasteiger partial charge in [-0.05, 0) is 32.9 Å². The first-order chi connectivity index (χ1) is 12.4. The molecule has 136 valence electrons. The molecule has 0 radical (unpaired) electrons. The smallest absolute Gasteiger partial charge is 0.311 e. The van der Waals surface area contributed by atoms with Crippen LogP contribution in [0.5, 0.6) is 0 Å². The summed E-state index contributed by atoms with van der Waals surface area (Å²) in [4.78, 5) is 28.2. The number of furan rings is 1. The standard InChI is InChI=1S/C19H21N3O4/c1-11(2)22-14-7-5-4-6-13(14)21-16(22)9-20-19(25)18-12(3)10-26-15(18)8-17(23)24/h4-7,10-11H,8-9H2,1-3H3,(H,20,25)(H,23,24). The van der Waals surface area contributed by atoms with Crippen LogP contribution in [0.25, 0.3) is 11.0 Å². The van der Waals surface area contributed by atoms with Gasteiger partial charge >= 0.3 is 5.97 Å². The van der Waals surface area contributed by atoms with Gasteiger partial charge in [0, 0.05) is 11.6 Å². The van der Waals surface area contributed by atoms with Gasteiger partial charge in [0.05, 0.1) is 29.4 Å². The summed E-state index contributed by atoms with van der Waals surface area (Å²) in [6.07, 6.45) is 1.07. The predicted molar refractivity (Wildman–Crippen MR) is 96.1 cm³/mol. The fourth-order valence-corrected chi connectivity index (χ4v) is 3.11. The zero-order valence-electron chi connectivity index (χ0n) is 14.9. The summed E-state index contributed by atoms with van der Waals surface area (Å²) in [6, 6.07) is 8.00. The summed E-state index contributed by atoms with van der Waals surface area (Å²) < 4.78 is 7.31. The van der Waals surface area contributed by atoms with Crippen molar-refractivity contribution in [2.45, 2.75) is 39.8 Å². The molecule has 0 saturated heterocycles. The number of hydrogen-bond donors (Lipinski definition) is 2. The van der Waals surface area contributed by atoms with Gasteiger partial charge in [0.25, 0.3) is 5.91 Å². The van der Waals surface area contributed by atoms with Gasteiger partial charge in [-0.3, -0.25) is 9.59 Å². The molecule has 26 heavy (non-hydrogen) atoms. The maximum Gasteiger partial charge on any atom is 0.311 e. The summed E-state index contributed by atoms with van der Waals surface area (Å²) >= 11 is 0. The first-order valence-electron chi connectivity index (χ1n) is 8.41. The van der Waals surface area contributed by atoms with Crippen LogP contribution in [-0.2, 0) is 17.8 Å². The zero-order valence-corrected chi connectivity index (χ0v) is 14.9. The third-order valence-corrected chi connectivity index (χ3v) is 4.18. The van der Waals surface area contributed by atoms with Gasteiger partial charge in [0.15, 0.2) is 0 Å². The van der Waals surface area contributed by atoms with Gasteiger partial charge in [-0.15, -0.1) is 0 Å². The number of para-hydroxylation sites is 2. The lowest BCUT2D eigenvalue weighted by Crippen LogP contribution is -2.26. The Morgan fingerprint density at radius 1 is 1.31 bits per heavy atom. The molecule has 7 nitrogen and oxygen atoms in total. The molecule has 2 N–H and O–H groups in total. The molecule has 1 amide bonds. The number of imidazole rings is 1. The number of aromatic nitrogens is 2. The van der Waals surface area contributed by atoms with E-state index in [4.69, 9.17) is 9.52 Å². The van der Waals surface area contributed by atoms with E-state index in [9.17, 15) is 9.59 Å². The average Bonchev–Trinajstić information content (AvgIpc) is 3.12. The molecular weight excluding hydrogens is 334 g/mol. The van der Waals surface area contributed by atoms with E-state index in [0.717, 1.165) is 16.9 Å². The second kappa shape index (κ2) is 7.03. The van der Waals surface area contributed by atoms with Crippen molar-refractivity contribution in [2.24, 2.45) is 0 Å². The third kappa shape index (κ3) is 3.33. The molecule has 0 aliphatic carbocycles. The molecule has 2 aromatic heterocycles. The Labute approximate surface area is 150 Å². The molecule has 0 aliphatic rings. The number of carbonyl (C=O) groups excluding carboxylic acids is 1. The predicted octanol–water partition coefficient (Wildman–Crippen LogP) is 3.08. The SMILES string of the molecule is Cc1coc(CC(=O)O)c1C(=O)NCc1nc2ccccc2n1C(C)C. The van der Waals surface area contributed by atoms with Crippen LogP contribution in [0, 0.1) is 6.92 Å². The number of rotatable bonds is 6. The molecule has 3 rings (SSSR count). The Balaban J connectivity index is 1.85. The van der Waals surface area contributed by atoms with E-state index < -0.39 is 5.97 Å². The van der Waals surface area contributed by atoms with E-state index in [1.54, 1.807) is 6.92 Å². The number of carbonyl (C=O) groups is 2. The highest BCUT2D eigenvalue weighted by Gasteiger charge is 2.21. The van der Waals surface area contributed by atoms with Gasteiger partial charge in [-0.2, -0.15) is 0 Å². The van der Waals surface area contributed by atoms with Gasteiger partial charge in [-0.25, -0.2) is 4.98 Å². The minimum Gasteiger partial charge on any atom is -0.481 e. The Kier molecular flexibility index (Phi) is 4.79. The first kappa shape index (κ1) is 17.7. The van der Waals surface area contributed by atoms with Crippen molar-refractivity contribution in [1.29, 1.82) is 0 Å². The summed E-state index contributed by atoms with van der Waals surface area (Å²) in [5.74, 6) is -0.509. The molecule has 0 aliphatic heterocycles. The summed E-state index contributed by atoms with van der Waals surface area (Å²) in [7, 11) is 0. The average molecular weight is 355 g/mol. The Hall–Kier alpha value is -3.09. The van der Waals surface area contributed by atoms with E-state index in [1.807, 2.05) is 24.3 Å². The third-order valence-electron chi connectivity index (χ3n) is 4.18. The largest absolute Gasteiger partial charge is 0.481 e. The number of fused-ring (bicyclic) bond motifs is 1. The molecule has 0 saturated carbocycles. The number of carboxylic acids is 1. The molecule has 3 aromatic rings. The number of carboxylic acid groups (broad SMARTS) is 1. The fraction of sp³-hybridized carbons (Fsp3) is 0.316.